The van der Waals surface area contributed by atoms with Gasteiger partial charge in [0, 0.05) is 16.8 Å². The summed E-state index contributed by atoms with van der Waals surface area (Å²) in [6.07, 6.45) is 2.03. The molecule has 1 aliphatic rings. The van der Waals surface area contributed by atoms with Gasteiger partial charge in [-0.25, -0.2) is 14.2 Å². The molecule has 1 aliphatic carbocycles. The van der Waals surface area contributed by atoms with Gasteiger partial charge < -0.3 is 21.1 Å². The second-order valence-corrected chi connectivity index (χ2v) is 6.99. The second-order valence-electron chi connectivity index (χ2n) is 6.55. The standard InChI is InChI=1S/C19H19ClFN5O2/c20-12-4-3-5-13(9-12)23-17-11(10-22)8-14(21)18(26-17)24-15-6-1-2-7-16(15)25-19(27)28/h3-5,8-9,15-16,25H,1-2,6-7H2,(H,27,28)(H2,23,24,26)/t15-,16+/m1/s1. The van der Waals surface area contributed by atoms with Gasteiger partial charge >= 0.3 is 6.09 Å². The predicted molar refractivity (Wildman–Crippen MR) is 104 cm³/mol. The van der Waals surface area contributed by atoms with E-state index in [4.69, 9.17) is 16.7 Å². The first kappa shape index (κ1) is 19.7. The molecule has 0 radical (unpaired) electrons. The van der Waals surface area contributed by atoms with Crippen molar-refractivity contribution in [1.29, 1.82) is 5.26 Å². The zero-order valence-corrected chi connectivity index (χ0v) is 15.6. The number of hydrogen-bond acceptors (Lipinski definition) is 5. The number of rotatable bonds is 5. The fourth-order valence-corrected chi connectivity index (χ4v) is 3.47. The molecule has 2 atom stereocenters. The number of hydrogen-bond donors (Lipinski definition) is 4. The van der Waals surface area contributed by atoms with Gasteiger partial charge in [-0.3, -0.25) is 0 Å². The number of nitrogens with one attached hydrogen (secondary N) is 3. The van der Waals surface area contributed by atoms with Crippen molar-refractivity contribution < 1.29 is 14.3 Å². The van der Waals surface area contributed by atoms with Gasteiger partial charge in [-0.15, -0.1) is 0 Å². The molecular formula is C19H19ClFN5O2. The van der Waals surface area contributed by atoms with Gasteiger partial charge in [0.15, 0.2) is 17.5 Å². The smallest absolute Gasteiger partial charge is 0.404 e. The highest BCUT2D eigenvalue weighted by atomic mass is 35.5. The van der Waals surface area contributed by atoms with E-state index in [-0.39, 0.29) is 29.3 Å². The number of halogens is 2. The summed E-state index contributed by atoms with van der Waals surface area (Å²) in [5.74, 6) is -0.521. The minimum Gasteiger partial charge on any atom is -0.465 e. The van der Waals surface area contributed by atoms with Crippen LogP contribution in [-0.4, -0.2) is 28.3 Å². The lowest BCUT2D eigenvalue weighted by atomic mass is 9.90. The first-order valence-corrected chi connectivity index (χ1v) is 9.23. The monoisotopic (exact) mass is 403 g/mol. The van der Waals surface area contributed by atoms with Crippen LogP contribution in [0.3, 0.4) is 0 Å². The Hall–Kier alpha value is -3.05. The van der Waals surface area contributed by atoms with Crippen molar-refractivity contribution >= 4 is 35.0 Å². The number of aromatic nitrogens is 1. The number of amides is 1. The molecule has 1 aromatic heterocycles. The maximum Gasteiger partial charge on any atom is 0.404 e. The summed E-state index contributed by atoms with van der Waals surface area (Å²) >= 11 is 5.97. The van der Waals surface area contributed by atoms with Gasteiger partial charge in [0.05, 0.1) is 11.6 Å². The molecule has 1 heterocycles. The molecule has 3 rings (SSSR count). The van der Waals surface area contributed by atoms with E-state index in [1.807, 2.05) is 6.07 Å². The highest BCUT2D eigenvalue weighted by Gasteiger charge is 2.28. The zero-order chi connectivity index (χ0) is 20.1. The lowest BCUT2D eigenvalue weighted by Crippen LogP contribution is -2.48. The van der Waals surface area contributed by atoms with Crippen LogP contribution >= 0.6 is 11.6 Å². The van der Waals surface area contributed by atoms with Crippen molar-refractivity contribution in [2.24, 2.45) is 0 Å². The molecule has 0 saturated heterocycles. The minimum absolute atomic E-state index is 0.0346. The number of benzene rings is 1. The Morgan fingerprint density at radius 1 is 1.25 bits per heavy atom. The Bertz CT molecular complexity index is 918. The summed E-state index contributed by atoms with van der Waals surface area (Å²) < 4.78 is 14.5. The van der Waals surface area contributed by atoms with Gasteiger partial charge in [0.25, 0.3) is 0 Å². The topological polar surface area (TPSA) is 110 Å². The highest BCUT2D eigenvalue weighted by molar-refractivity contribution is 6.30. The van der Waals surface area contributed by atoms with E-state index in [9.17, 15) is 14.4 Å². The Morgan fingerprint density at radius 3 is 2.68 bits per heavy atom. The van der Waals surface area contributed by atoms with Crippen molar-refractivity contribution in [1.82, 2.24) is 10.3 Å². The molecule has 0 aliphatic heterocycles. The Labute approximate surface area is 166 Å². The van der Waals surface area contributed by atoms with Crippen LogP contribution in [0.4, 0.5) is 26.5 Å². The van der Waals surface area contributed by atoms with Crippen LogP contribution in [0, 0.1) is 17.1 Å². The van der Waals surface area contributed by atoms with Gasteiger partial charge in [-0.1, -0.05) is 30.5 Å². The second kappa shape index (κ2) is 8.76. The van der Waals surface area contributed by atoms with E-state index in [2.05, 4.69) is 20.9 Å². The molecule has 1 amide bonds. The van der Waals surface area contributed by atoms with Crippen LogP contribution in [0.1, 0.15) is 31.2 Å². The lowest BCUT2D eigenvalue weighted by molar-refractivity contribution is 0.184. The number of nitriles is 1. The number of nitrogens with zero attached hydrogens (tertiary/aromatic N) is 2. The number of pyridine rings is 1. The summed E-state index contributed by atoms with van der Waals surface area (Å²) in [5, 5.41) is 27.3. The molecule has 146 valence electrons. The molecule has 0 unspecified atom stereocenters. The Balaban J connectivity index is 1.86. The molecule has 9 heteroatoms. The molecular weight excluding hydrogens is 385 g/mol. The van der Waals surface area contributed by atoms with E-state index in [1.165, 1.54) is 0 Å². The van der Waals surface area contributed by atoms with E-state index >= 15 is 0 Å². The summed E-state index contributed by atoms with van der Waals surface area (Å²) in [5.41, 5.74) is 0.657. The summed E-state index contributed by atoms with van der Waals surface area (Å²) in [6.45, 7) is 0. The van der Waals surface area contributed by atoms with Crippen LogP contribution in [0.25, 0.3) is 0 Å². The average molecular weight is 404 g/mol. The SMILES string of the molecule is N#Cc1cc(F)c(N[C@@H]2CCCC[C@@H]2NC(=O)O)nc1Nc1cccc(Cl)c1. The molecule has 4 N–H and O–H groups in total. The van der Waals surface area contributed by atoms with E-state index < -0.39 is 11.9 Å². The third kappa shape index (κ3) is 4.81. The van der Waals surface area contributed by atoms with E-state index in [1.54, 1.807) is 24.3 Å². The highest BCUT2D eigenvalue weighted by Crippen LogP contribution is 2.27. The van der Waals surface area contributed by atoms with Crippen LogP contribution in [-0.2, 0) is 0 Å². The van der Waals surface area contributed by atoms with Crippen molar-refractivity contribution in [3.63, 3.8) is 0 Å². The van der Waals surface area contributed by atoms with Crippen LogP contribution < -0.4 is 16.0 Å². The van der Waals surface area contributed by atoms with Crippen molar-refractivity contribution in [3.8, 4) is 6.07 Å². The van der Waals surface area contributed by atoms with Gasteiger partial charge in [-0.2, -0.15) is 5.26 Å². The molecule has 1 fully saturated rings. The Kier molecular flexibility index (Phi) is 6.16. The third-order valence-corrected chi connectivity index (χ3v) is 4.82. The molecule has 7 nitrogen and oxygen atoms in total. The maximum atomic E-state index is 14.5. The molecule has 0 spiro atoms. The van der Waals surface area contributed by atoms with Gasteiger partial charge in [0.1, 0.15) is 6.07 Å². The zero-order valence-electron chi connectivity index (χ0n) is 14.9. The van der Waals surface area contributed by atoms with Crippen LogP contribution in [0.5, 0.6) is 0 Å². The predicted octanol–water partition coefficient (Wildman–Crippen LogP) is 4.48. The fourth-order valence-electron chi connectivity index (χ4n) is 3.28. The first-order chi connectivity index (χ1) is 13.5. The quantitative estimate of drug-likeness (QED) is 0.585. The summed E-state index contributed by atoms with van der Waals surface area (Å²) in [4.78, 5) is 15.3. The van der Waals surface area contributed by atoms with Crippen molar-refractivity contribution in [2.45, 2.75) is 37.8 Å². The largest absolute Gasteiger partial charge is 0.465 e. The molecule has 1 aromatic carbocycles. The summed E-state index contributed by atoms with van der Waals surface area (Å²) in [7, 11) is 0. The van der Waals surface area contributed by atoms with E-state index in [0.717, 1.165) is 18.9 Å². The molecule has 2 aromatic rings. The van der Waals surface area contributed by atoms with Crippen LogP contribution in [0.15, 0.2) is 30.3 Å². The van der Waals surface area contributed by atoms with E-state index in [0.29, 0.717) is 23.6 Å². The molecule has 0 bridgehead atoms. The van der Waals surface area contributed by atoms with Crippen molar-refractivity contribution in [2.75, 3.05) is 10.6 Å². The van der Waals surface area contributed by atoms with Crippen molar-refractivity contribution in [3.05, 3.63) is 46.7 Å². The normalized spacial score (nSPS) is 18.8. The minimum atomic E-state index is -1.12. The molecule has 1 saturated carbocycles. The van der Waals surface area contributed by atoms with Crippen LogP contribution in [0.2, 0.25) is 5.02 Å². The number of carbonyl (C=O) groups is 1. The number of anilines is 3. The summed E-state index contributed by atoms with van der Waals surface area (Å²) in [6, 6.07) is 9.25. The lowest BCUT2D eigenvalue weighted by Gasteiger charge is -2.32. The fraction of sp³-hybridized carbons (Fsp3) is 0.316. The molecule has 28 heavy (non-hydrogen) atoms. The number of carboxylic acid groups (broad SMARTS) is 1. The van der Waals surface area contributed by atoms with Gasteiger partial charge in [0.2, 0.25) is 0 Å². The maximum absolute atomic E-state index is 14.5. The first-order valence-electron chi connectivity index (χ1n) is 8.85. The Morgan fingerprint density at radius 2 is 2.00 bits per heavy atom. The van der Waals surface area contributed by atoms with Gasteiger partial charge in [-0.05, 0) is 37.1 Å². The third-order valence-electron chi connectivity index (χ3n) is 4.58. The average Bonchev–Trinajstić information content (AvgIpc) is 2.65.